The molecule has 2 rings (SSSR count). The summed E-state index contributed by atoms with van der Waals surface area (Å²) in [6.45, 7) is 6.50. The summed E-state index contributed by atoms with van der Waals surface area (Å²) in [7, 11) is 0. The van der Waals surface area contributed by atoms with Crippen molar-refractivity contribution in [2.75, 3.05) is 6.54 Å². The molecule has 0 spiro atoms. The molecule has 1 aromatic heterocycles. The lowest BCUT2D eigenvalue weighted by Gasteiger charge is -2.40. The zero-order valence-corrected chi connectivity index (χ0v) is 12.5. The number of carbonyl (C=O) groups excluding carboxylic acids is 1. The summed E-state index contributed by atoms with van der Waals surface area (Å²) in [5.41, 5.74) is 0.172. The van der Waals surface area contributed by atoms with Crippen LogP contribution >= 0.6 is 11.5 Å². The Labute approximate surface area is 117 Å². The Morgan fingerprint density at radius 1 is 1.37 bits per heavy atom. The summed E-state index contributed by atoms with van der Waals surface area (Å²) in [5, 5.41) is 17.1. The molecular weight excluding hydrogens is 262 g/mol. The van der Waals surface area contributed by atoms with E-state index < -0.39 is 5.60 Å². The van der Waals surface area contributed by atoms with Crippen molar-refractivity contribution in [1.82, 2.24) is 14.9 Å². The van der Waals surface area contributed by atoms with Gasteiger partial charge in [0.1, 0.15) is 4.88 Å². The van der Waals surface area contributed by atoms with Gasteiger partial charge in [-0.15, -0.1) is 5.10 Å². The first kappa shape index (κ1) is 14.4. The van der Waals surface area contributed by atoms with Crippen molar-refractivity contribution < 1.29 is 9.90 Å². The van der Waals surface area contributed by atoms with Crippen molar-refractivity contribution in [2.45, 2.75) is 52.1 Å². The lowest BCUT2D eigenvalue weighted by atomic mass is 9.71. The van der Waals surface area contributed by atoms with Crippen LogP contribution in [0.25, 0.3) is 0 Å². The van der Waals surface area contributed by atoms with E-state index in [4.69, 9.17) is 0 Å². The Morgan fingerprint density at radius 3 is 2.53 bits per heavy atom. The van der Waals surface area contributed by atoms with Crippen LogP contribution in [0.1, 0.15) is 54.9 Å². The number of amides is 1. The van der Waals surface area contributed by atoms with E-state index in [0.29, 0.717) is 22.5 Å². The molecule has 0 aliphatic heterocycles. The fraction of sp³-hybridized carbons (Fsp3) is 0.769. The summed E-state index contributed by atoms with van der Waals surface area (Å²) in [5.74, 6) is -0.189. The summed E-state index contributed by atoms with van der Waals surface area (Å²) < 4.78 is 3.74. The predicted octanol–water partition coefficient (Wildman–Crippen LogP) is 1.91. The van der Waals surface area contributed by atoms with Crippen molar-refractivity contribution >= 4 is 17.4 Å². The van der Waals surface area contributed by atoms with Crippen molar-refractivity contribution in [2.24, 2.45) is 5.41 Å². The van der Waals surface area contributed by atoms with Gasteiger partial charge in [-0.3, -0.25) is 4.79 Å². The minimum Gasteiger partial charge on any atom is -0.388 e. The Balaban J connectivity index is 1.89. The van der Waals surface area contributed by atoms with Gasteiger partial charge in [0.05, 0.1) is 11.3 Å². The summed E-state index contributed by atoms with van der Waals surface area (Å²) >= 11 is 1.09. The molecular formula is C13H21N3O2S. The van der Waals surface area contributed by atoms with E-state index in [-0.39, 0.29) is 5.91 Å². The lowest BCUT2D eigenvalue weighted by Crippen LogP contribution is -2.46. The number of nitrogens with zero attached hydrogens (tertiary/aromatic N) is 2. The van der Waals surface area contributed by atoms with E-state index in [1.165, 1.54) is 0 Å². The van der Waals surface area contributed by atoms with Crippen LogP contribution in [0.4, 0.5) is 0 Å². The minimum absolute atomic E-state index is 0.189. The molecule has 0 saturated heterocycles. The maximum atomic E-state index is 11.9. The van der Waals surface area contributed by atoms with Gasteiger partial charge < -0.3 is 10.4 Å². The van der Waals surface area contributed by atoms with E-state index in [1.807, 2.05) is 0 Å². The van der Waals surface area contributed by atoms with Crippen LogP contribution in [0, 0.1) is 12.3 Å². The summed E-state index contributed by atoms with van der Waals surface area (Å²) in [6, 6.07) is 0. The highest BCUT2D eigenvalue weighted by Gasteiger charge is 2.36. The predicted molar refractivity (Wildman–Crippen MR) is 74.2 cm³/mol. The quantitative estimate of drug-likeness (QED) is 0.888. The maximum absolute atomic E-state index is 11.9. The monoisotopic (exact) mass is 283 g/mol. The van der Waals surface area contributed by atoms with Gasteiger partial charge in [-0.1, -0.05) is 18.3 Å². The second kappa shape index (κ2) is 5.17. The molecule has 1 heterocycles. The largest absolute Gasteiger partial charge is 0.388 e. The molecule has 5 nitrogen and oxygen atoms in total. The van der Waals surface area contributed by atoms with Crippen molar-refractivity contribution in [1.29, 1.82) is 0 Å². The summed E-state index contributed by atoms with van der Waals surface area (Å²) in [4.78, 5) is 12.5. The zero-order valence-electron chi connectivity index (χ0n) is 11.7. The van der Waals surface area contributed by atoms with E-state index in [0.717, 1.165) is 37.2 Å². The number of nitrogens with one attached hydrogen (secondary N) is 1. The smallest absolute Gasteiger partial charge is 0.265 e. The normalized spacial score (nSPS) is 21.1. The number of rotatable bonds is 3. The molecule has 1 aromatic rings. The fourth-order valence-electron chi connectivity index (χ4n) is 2.33. The van der Waals surface area contributed by atoms with Crippen LogP contribution in [0.3, 0.4) is 0 Å². The Bertz CT molecular complexity index is 460. The summed E-state index contributed by atoms with van der Waals surface area (Å²) in [6.07, 6.45) is 3.45. The SMILES string of the molecule is Cc1nnsc1C(=O)NCC1(O)CCC(C)(C)CC1. The third-order valence-electron chi connectivity index (χ3n) is 3.97. The van der Waals surface area contributed by atoms with Gasteiger partial charge in [-0.2, -0.15) is 0 Å². The Hall–Kier alpha value is -1.01. The lowest BCUT2D eigenvalue weighted by molar-refractivity contribution is -0.0232. The first-order valence-corrected chi connectivity index (χ1v) is 7.38. The van der Waals surface area contributed by atoms with Crippen LogP contribution in [0.5, 0.6) is 0 Å². The van der Waals surface area contributed by atoms with Crippen LogP contribution in [-0.2, 0) is 0 Å². The average Bonchev–Trinajstić information content (AvgIpc) is 2.77. The molecule has 0 aromatic carbocycles. The van der Waals surface area contributed by atoms with E-state index >= 15 is 0 Å². The molecule has 0 atom stereocenters. The first-order valence-electron chi connectivity index (χ1n) is 6.61. The van der Waals surface area contributed by atoms with Gasteiger partial charge in [0.2, 0.25) is 0 Å². The van der Waals surface area contributed by atoms with E-state index in [9.17, 15) is 9.90 Å². The van der Waals surface area contributed by atoms with Gasteiger partial charge in [0, 0.05) is 6.54 Å². The van der Waals surface area contributed by atoms with Gasteiger partial charge in [-0.05, 0) is 49.6 Å². The Morgan fingerprint density at radius 2 is 2.00 bits per heavy atom. The molecule has 1 fully saturated rings. The van der Waals surface area contributed by atoms with E-state index in [2.05, 4.69) is 28.8 Å². The number of aromatic nitrogens is 2. The third kappa shape index (κ3) is 3.51. The van der Waals surface area contributed by atoms with Crippen LogP contribution in [0.15, 0.2) is 0 Å². The molecule has 106 valence electrons. The molecule has 1 amide bonds. The van der Waals surface area contributed by atoms with Crippen molar-refractivity contribution in [3.05, 3.63) is 10.6 Å². The molecule has 19 heavy (non-hydrogen) atoms. The number of aryl methyl sites for hydroxylation is 1. The number of hydrogen-bond donors (Lipinski definition) is 2. The third-order valence-corrected chi connectivity index (χ3v) is 4.80. The van der Waals surface area contributed by atoms with Crippen LogP contribution in [0.2, 0.25) is 0 Å². The molecule has 2 N–H and O–H groups in total. The highest BCUT2D eigenvalue weighted by atomic mass is 32.1. The van der Waals surface area contributed by atoms with Gasteiger partial charge >= 0.3 is 0 Å². The average molecular weight is 283 g/mol. The van der Waals surface area contributed by atoms with Gasteiger partial charge in [-0.25, -0.2) is 0 Å². The van der Waals surface area contributed by atoms with Crippen molar-refractivity contribution in [3.63, 3.8) is 0 Å². The fourth-order valence-corrected chi connectivity index (χ4v) is 2.91. The highest BCUT2D eigenvalue weighted by Crippen LogP contribution is 2.39. The molecule has 1 aliphatic carbocycles. The topological polar surface area (TPSA) is 75.1 Å². The second-order valence-corrected chi connectivity index (χ2v) is 7.01. The molecule has 1 saturated carbocycles. The standard InChI is InChI=1S/C13H21N3O2S/c1-9-10(19-16-15-9)11(17)14-8-13(18)6-4-12(2,3)5-7-13/h18H,4-8H2,1-3H3,(H,14,17). The van der Waals surface area contributed by atoms with E-state index in [1.54, 1.807) is 6.92 Å². The number of carbonyl (C=O) groups is 1. The van der Waals surface area contributed by atoms with Crippen LogP contribution < -0.4 is 5.32 Å². The van der Waals surface area contributed by atoms with Crippen molar-refractivity contribution in [3.8, 4) is 0 Å². The molecule has 0 unspecified atom stereocenters. The number of aliphatic hydroxyl groups is 1. The van der Waals surface area contributed by atoms with Gasteiger partial charge in [0.15, 0.2) is 0 Å². The first-order chi connectivity index (χ1) is 8.81. The molecule has 1 aliphatic rings. The zero-order chi connectivity index (χ0) is 14.1. The molecule has 0 radical (unpaired) electrons. The Kier molecular flexibility index (Phi) is 3.92. The minimum atomic E-state index is -0.767. The number of hydrogen-bond acceptors (Lipinski definition) is 5. The highest BCUT2D eigenvalue weighted by molar-refractivity contribution is 7.07. The molecule has 0 bridgehead atoms. The molecule has 6 heteroatoms. The maximum Gasteiger partial charge on any atom is 0.265 e. The van der Waals surface area contributed by atoms with Gasteiger partial charge in [0.25, 0.3) is 5.91 Å². The second-order valence-electron chi connectivity index (χ2n) is 6.26. The van der Waals surface area contributed by atoms with Crippen LogP contribution in [-0.4, -0.2) is 32.7 Å².